The van der Waals surface area contributed by atoms with Crippen LogP contribution < -0.4 is 15.2 Å². The van der Waals surface area contributed by atoms with E-state index in [0.29, 0.717) is 28.5 Å². The average Bonchev–Trinajstić information content (AvgIpc) is 3.57. The van der Waals surface area contributed by atoms with E-state index >= 15 is 4.79 Å². The Kier molecular flexibility index (Phi) is 9.27. The van der Waals surface area contributed by atoms with Crippen molar-refractivity contribution in [1.82, 2.24) is 15.0 Å². The van der Waals surface area contributed by atoms with Crippen LogP contribution in [0.25, 0.3) is 0 Å². The van der Waals surface area contributed by atoms with Gasteiger partial charge in [-0.25, -0.2) is 4.98 Å². The van der Waals surface area contributed by atoms with Crippen LogP contribution in [0.2, 0.25) is 10.0 Å². The van der Waals surface area contributed by atoms with Crippen molar-refractivity contribution in [1.29, 1.82) is 0 Å². The van der Waals surface area contributed by atoms with Crippen LogP contribution in [0, 0.1) is 30.6 Å². The van der Waals surface area contributed by atoms with E-state index < -0.39 is 76.3 Å². The van der Waals surface area contributed by atoms with Gasteiger partial charge in [0.2, 0.25) is 0 Å². The largest absolute Gasteiger partial charge is 0.503 e. The summed E-state index contributed by atoms with van der Waals surface area (Å²) in [6.07, 6.45) is -3.04. The summed E-state index contributed by atoms with van der Waals surface area (Å²) in [6, 6.07) is 20.7. The molecule has 6 atom stereocenters. The van der Waals surface area contributed by atoms with Crippen LogP contribution in [0.3, 0.4) is 0 Å². The first-order chi connectivity index (χ1) is 27.1. The fourth-order valence-electron chi connectivity index (χ4n) is 9.23. The molecular formula is C41H34Cl2F3N5O6. The standard InChI is InChI=1S/C41H34Cl2F3N5O6/c1-20-9-11-23(12-10-20)48-50-37(54)27-19-26-24(33(21-17-29(43)34(52)30(18-21)57-3)40(27,39(50)56)22-7-5-4-6-8-22)13-14-25-32(26)38(55)51(36(25)53)49(2)35-28(42)15-16-31(47-35)41(44,45)46/h4-13,15-18,25-27,32-33,48,52H,14,19H2,1-3H3/t25-,26+,27-,32-,33-,40+/m0/s1. The molecule has 3 fully saturated rings. The quantitative estimate of drug-likeness (QED) is 0.144. The number of anilines is 2. The Bertz CT molecular complexity index is 2380. The maximum Gasteiger partial charge on any atom is 0.433 e. The van der Waals surface area contributed by atoms with E-state index in [-0.39, 0.29) is 34.4 Å². The van der Waals surface area contributed by atoms with Crippen molar-refractivity contribution >= 4 is 58.3 Å². The summed E-state index contributed by atoms with van der Waals surface area (Å²) in [5.74, 6) is -8.30. The first-order valence-corrected chi connectivity index (χ1v) is 18.7. The van der Waals surface area contributed by atoms with E-state index in [1.54, 1.807) is 48.5 Å². The minimum absolute atomic E-state index is 0.00506. The lowest BCUT2D eigenvalue weighted by atomic mass is 9.49. The van der Waals surface area contributed by atoms with Gasteiger partial charge in [0.15, 0.2) is 17.3 Å². The van der Waals surface area contributed by atoms with E-state index in [9.17, 15) is 32.7 Å². The van der Waals surface area contributed by atoms with Crippen molar-refractivity contribution in [2.24, 2.45) is 23.7 Å². The number of nitrogens with one attached hydrogen (secondary N) is 1. The second-order valence-electron chi connectivity index (χ2n) is 14.7. The molecule has 0 bridgehead atoms. The lowest BCUT2D eigenvalue weighted by Crippen LogP contribution is -2.53. The third kappa shape index (κ3) is 5.82. The van der Waals surface area contributed by atoms with E-state index in [4.69, 9.17) is 27.9 Å². The number of phenolic OH excluding ortho intramolecular Hbond substituents is 1. The molecule has 2 saturated heterocycles. The molecule has 294 valence electrons. The third-order valence-corrected chi connectivity index (χ3v) is 12.3. The molecule has 57 heavy (non-hydrogen) atoms. The topological polar surface area (TPSA) is 132 Å². The van der Waals surface area contributed by atoms with Crippen LogP contribution in [0.15, 0.2) is 90.5 Å². The van der Waals surface area contributed by atoms with Gasteiger partial charge < -0.3 is 9.84 Å². The summed E-state index contributed by atoms with van der Waals surface area (Å²) >= 11 is 12.9. The van der Waals surface area contributed by atoms with Gasteiger partial charge in [0.1, 0.15) is 5.69 Å². The summed E-state index contributed by atoms with van der Waals surface area (Å²) in [5.41, 5.74) is 3.06. The van der Waals surface area contributed by atoms with Gasteiger partial charge in [-0.15, -0.1) is 0 Å². The van der Waals surface area contributed by atoms with E-state index in [2.05, 4.69) is 10.4 Å². The van der Waals surface area contributed by atoms with Gasteiger partial charge in [0, 0.05) is 13.0 Å². The van der Waals surface area contributed by atoms with Crippen LogP contribution in [0.5, 0.6) is 11.5 Å². The Morgan fingerprint density at radius 2 is 1.63 bits per heavy atom. The minimum Gasteiger partial charge on any atom is -0.503 e. The number of ether oxygens (including phenoxy) is 1. The maximum atomic E-state index is 15.3. The number of allylic oxidation sites excluding steroid dienone is 2. The molecule has 3 heterocycles. The minimum atomic E-state index is -4.83. The molecule has 0 spiro atoms. The Labute approximate surface area is 334 Å². The number of phenols is 1. The van der Waals surface area contributed by atoms with Gasteiger partial charge in [-0.05, 0) is 73.2 Å². The smallest absolute Gasteiger partial charge is 0.433 e. The number of aromatic nitrogens is 1. The molecule has 4 aliphatic rings. The fourth-order valence-corrected chi connectivity index (χ4v) is 9.67. The van der Waals surface area contributed by atoms with Crippen molar-refractivity contribution in [3.05, 3.63) is 123 Å². The van der Waals surface area contributed by atoms with Crippen LogP contribution >= 0.6 is 23.2 Å². The number of nitrogens with zero attached hydrogens (tertiary/aromatic N) is 4. The molecule has 1 aromatic heterocycles. The molecule has 8 rings (SSSR count). The van der Waals surface area contributed by atoms with Crippen LogP contribution in [0.1, 0.15) is 41.1 Å². The second-order valence-corrected chi connectivity index (χ2v) is 15.5. The van der Waals surface area contributed by atoms with Crippen molar-refractivity contribution in [3.8, 4) is 11.5 Å². The summed E-state index contributed by atoms with van der Waals surface area (Å²) < 4.78 is 46.6. The first kappa shape index (κ1) is 38.3. The van der Waals surface area contributed by atoms with Crippen molar-refractivity contribution < 1.29 is 42.2 Å². The molecule has 0 unspecified atom stereocenters. The van der Waals surface area contributed by atoms with E-state index in [1.165, 1.54) is 20.2 Å². The number of rotatable bonds is 7. The number of fused-ring (bicyclic) bond motifs is 4. The highest BCUT2D eigenvalue weighted by Crippen LogP contribution is 2.64. The molecule has 16 heteroatoms. The number of hydrogen-bond acceptors (Lipinski definition) is 9. The number of aryl methyl sites for hydroxylation is 1. The lowest BCUT2D eigenvalue weighted by molar-refractivity contribution is -0.142. The molecule has 4 amide bonds. The number of hydrogen-bond donors (Lipinski definition) is 2. The average molecular weight is 821 g/mol. The number of imide groups is 2. The Morgan fingerprint density at radius 3 is 2.30 bits per heavy atom. The summed E-state index contributed by atoms with van der Waals surface area (Å²) in [6.45, 7) is 1.90. The Hall–Kier alpha value is -5.60. The van der Waals surface area contributed by atoms with E-state index in [1.807, 2.05) is 25.1 Å². The number of methoxy groups -OCH3 is 1. The van der Waals surface area contributed by atoms with Crippen LogP contribution in [-0.2, 0) is 30.8 Å². The van der Waals surface area contributed by atoms with Gasteiger partial charge in [0.25, 0.3) is 23.6 Å². The highest BCUT2D eigenvalue weighted by molar-refractivity contribution is 6.33. The molecule has 11 nitrogen and oxygen atoms in total. The normalized spacial score (nSPS) is 25.5. The Morgan fingerprint density at radius 1 is 0.930 bits per heavy atom. The van der Waals surface area contributed by atoms with Crippen molar-refractivity contribution in [2.45, 2.75) is 37.3 Å². The predicted octanol–water partition coefficient (Wildman–Crippen LogP) is 7.47. The number of pyridine rings is 1. The molecule has 2 aliphatic carbocycles. The van der Waals surface area contributed by atoms with Gasteiger partial charge in [-0.1, -0.05) is 82.9 Å². The van der Waals surface area contributed by atoms with Crippen LogP contribution in [-0.4, -0.2) is 57.9 Å². The summed E-state index contributed by atoms with van der Waals surface area (Å²) in [7, 11) is 2.58. The number of amides is 4. The van der Waals surface area contributed by atoms with E-state index in [0.717, 1.165) is 26.7 Å². The maximum absolute atomic E-state index is 15.3. The zero-order valence-electron chi connectivity index (χ0n) is 30.6. The van der Waals surface area contributed by atoms with Crippen LogP contribution in [0.4, 0.5) is 24.7 Å². The molecular weight excluding hydrogens is 786 g/mol. The highest BCUT2D eigenvalue weighted by Gasteiger charge is 2.70. The number of alkyl halides is 3. The number of halogens is 5. The fraction of sp³-hybridized carbons (Fsp3) is 0.293. The zero-order valence-corrected chi connectivity index (χ0v) is 32.1. The Balaban J connectivity index is 1.29. The molecule has 0 radical (unpaired) electrons. The van der Waals surface area contributed by atoms with Gasteiger partial charge in [-0.3, -0.25) is 29.6 Å². The lowest BCUT2D eigenvalue weighted by Gasteiger charge is -2.50. The van der Waals surface area contributed by atoms with Crippen molar-refractivity contribution in [2.75, 3.05) is 24.6 Å². The number of hydrazine groups is 2. The molecule has 2 N–H and O–H groups in total. The van der Waals surface area contributed by atoms with Gasteiger partial charge in [-0.2, -0.15) is 23.2 Å². The third-order valence-electron chi connectivity index (χ3n) is 11.7. The number of benzene rings is 3. The summed E-state index contributed by atoms with van der Waals surface area (Å²) in [4.78, 5) is 62.8. The molecule has 3 aromatic carbocycles. The summed E-state index contributed by atoms with van der Waals surface area (Å²) in [5, 5.41) is 13.2. The molecule has 4 aromatic rings. The second kappa shape index (κ2) is 13.8. The zero-order chi connectivity index (χ0) is 40.7. The monoisotopic (exact) mass is 819 g/mol. The van der Waals surface area contributed by atoms with Crippen molar-refractivity contribution in [3.63, 3.8) is 0 Å². The number of carbonyl (C=O) groups is 4. The predicted molar refractivity (Wildman–Crippen MR) is 203 cm³/mol. The van der Waals surface area contributed by atoms with Gasteiger partial charge in [0.05, 0.1) is 46.0 Å². The molecule has 2 aliphatic heterocycles. The SMILES string of the molecule is COc1cc([C@H]2C3=CC[C@@H]4C(=O)N(N(C)c5nc(C(F)(F)F)ccc5Cl)C(=O)[C@@H]4[C@@H]3C[C@H]3C(=O)N(Nc4ccc(C)cc4)C(=O)[C@@]23c2ccccc2)cc(Cl)c1O. The van der Waals surface area contributed by atoms with Gasteiger partial charge >= 0.3 is 6.18 Å². The first-order valence-electron chi connectivity index (χ1n) is 18.0. The number of carbonyl (C=O) groups excluding carboxylic acids is 4. The molecule has 1 saturated carbocycles. The highest BCUT2D eigenvalue weighted by atomic mass is 35.5. The number of aromatic hydroxyl groups is 1.